The van der Waals surface area contributed by atoms with Crippen LogP contribution in [0.1, 0.15) is 5.56 Å². The van der Waals surface area contributed by atoms with Gasteiger partial charge in [-0.1, -0.05) is 28.1 Å². The third-order valence-electron chi connectivity index (χ3n) is 2.74. The van der Waals surface area contributed by atoms with E-state index in [0.29, 0.717) is 18.7 Å². The SMILES string of the molecule is CNCCN(C)C(=O)CS(=O)(=O)Cc1cccc(Br)c1. The molecule has 20 heavy (non-hydrogen) atoms. The lowest BCUT2D eigenvalue weighted by molar-refractivity contribution is -0.127. The third kappa shape index (κ3) is 6.02. The number of rotatable bonds is 7. The predicted octanol–water partition coefficient (Wildman–Crippen LogP) is 1.04. The normalized spacial score (nSPS) is 11.3. The van der Waals surface area contributed by atoms with Crippen LogP contribution < -0.4 is 5.32 Å². The van der Waals surface area contributed by atoms with Crippen molar-refractivity contribution in [3.05, 3.63) is 34.3 Å². The second-order valence-electron chi connectivity index (χ2n) is 4.58. The maximum absolute atomic E-state index is 12.0. The molecule has 0 aromatic heterocycles. The summed E-state index contributed by atoms with van der Waals surface area (Å²) in [6.07, 6.45) is 0. The topological polar surface area (TPSA) is 66.5 Å². The van der Waals surface area contributed by atoms with Crippen LogP contribution in [0.25, 0.3) is 0 Å². The van der Waals surface area contributed by atoms with Crippen molar-refractivity contribution in [2.75, 3.05) is 32.9 Å². The van der Waals surface area contributed by atoms with E-state index in [-0.39, 0.29) is 11.7 Å². The Labute approximate surface area is 128 Å². The fraction of sp³-hybridized carbons (Fsp3) is 0.462. The molecule has 0 bridgehead atoms. The second kappa shape index (κ2) is 7.75. The number of nitrogens with one attached hydrogen (secondary N) is 1. The van der Waals surface area contributed by atoms with Crippen molar-refractivity contribution in [2.24, 2.45) is 0 Å². The summed E-state index contributed by atoms with van der Waals surface area (Å²) in [6.45, 7) is 1.12. The summed E-state index contributed by atoms with van der Waals surface area (Å²) in [5.74, 6) is -0.965. The molecular formula is C13H19BrN2O3S. The number of hydrogen-bond acceptors (Lipinski definition) is 4. The first-order valence-corrected chi connectivity index (χ1v) is 8.79. The van der Waals surface area contributed by atoms with Crippen LogP contribution in [0, 0.1) is 0 Å². The molecule has 1 aromatic rings. The number of sulfone groups is 1. The first-order chi connectivity index (χ1) is 9.34. The predicted molar refractivity (Wildman–Crippen MR) is 83.2 cm³/mol. The highest BCUT2D eigenvalue weighted by atomic mass is 79.9. The number of amides is 1. The Morgan fingerprint density at radius 1 is 1.40 bits per heavy atom. The molecule has 0 heterocycles. The second-order valence-corrected chi connectivity index (χ2v) is 7.56. The van der Waals surface area contributed by atoms with E-state index in [9.17, 15) is 13.2 Å². The van der Waals surface area contributed by atoms with Crippen molar-refractivity contribution in [3.8, 4) is 0 Å². The van der Waals surface area contributed by atoms with E-state index >= 15 is 0 Å². The molecule has 0 atom stereocenters. The van der Waals surface area contributed by atoms with Gasteiger partial charge in [-0.15, -0.1) is 0 Å². The molecular weight excluding hydrogens is 344 g/mol. The lowest BCUT2D eigenvalue weighted by atomic mass is 10.2. The van der Waals surface area contributed by atoms with Gasteiger partial charge in [0.2, 0.25) is 5.91 Å². The van der Waals surface area contributed by atoms with Gasteiger partial charge in [-0.3, -0.25) is 4.79 Å². The first kappa shape index (κ1) is 17.1. The van der Waals surface area contributed by atoms with E-state index in [1.54, 1.807) is 32.3 Å². The Hall–Kier alpha value is -0.920. The van der Waals surface area contributed by atoms with Crippen LogP contribution in [0.15, 0.2) is 28.7 Å². The van der Waals surface area contributed by atoms with Gasteiger partial charge in [0.1, 0.15) is 5.75 Å². The highest BCUT2D eigenvalue weighted by Gasteiger charge is 2.20. The molecule has 1 rings (SSSR count). The van der Waals surface area contributed by atoms with Crippen LogP contribution in [0.2, 0.25) is 0 Å². The lowest BCUT2D eigenvalue weighted by Gasteiger charge is -2.16. The molecule has 0 fully saturated rings. The Bertz CT molecular complexity index is 560. The number of likely N-dealkylation sites (N-methyl/N-ethyl adjacent to an activating group) is 2. The molecule has 112 valence electrons. The van der Waals surface area contributed by atoms with Gasteiger partial charge in [0, 0.05) is 24.6 Å². The molecule has 0 radical (unpaired) electrons. The maximum Gasteiger partial charge on any atom is 0.237 e. The molecule has 0 spiro atoms. The van der Waals surface area contributed by atoms with Crippen LogP contribution in [-0.4, -0.2) is 52.2 Å². The molecule has 1 amide bonds. The zero-order valence-corrected chi connectivity index (χ0v) is 14.0. The molecule has 1 aromatic carbocycles. The van der Waals surface area contributed by atoms with Gasteiger partial charge in [-0.05, 0) is 24.7 Å². The summed E-state index contributed by atoms with van der Waals surface area (Å²) in [7, 11) is -0.0676. The smallest absolute Gasteiger partial charge is 0.237 e. The Morgan fingerprint density at radius 3 is 2.70 bits per heavy atom. The quantitative estimate of drug-likeness (QED) is 0.786. The number of hydrogen-bond donors (Lipinski definition) is 1. The monoisotopic (exact) mass is 362 g/mol. The molecule has 0 unspecified atom stereocenters. The largest absolute Gasteiger partial charge is 0.344 e. The van der Waals surface area contributed by atoms with Gasteiger partial charge in [0.25, 0.3) is 0 Å². The van der Waals surface area contributed by atoms with Gasteiger partial charge in [0.05, 0.1) is 5.75 Å². The van der Waals surface area contributed by atoms with Gasteiger partial charge >= 0.3 is 0 Å². The van der Waals surface area contributed by atoms with Gasteiger partial charge in [-0.25, -0.2) is 8.42 Å². The Balaban J connectivity index is 2.63. The average molecular weight is 363 g/mol. The van der Waals surface area contributed by atoms with Gasteiger partial charge in [0.15, 0.2) is 9.84 Å². The molecule has 0 saturated heterocycles. The standard InChI is InChI=1S/C13H19BrN2O3S/c1-15-6-7-16(2)13(17)10-20(18,19)9-11-4-3-5-12(14)8-11/h3-5,8,15H,6-7,9-10H2,1-2H3. The van der Waals surface area contributed by atoms with E-state index in [2.05, 4.69) is 21.2 Å². The van der Waals surface area contributed by atoms with Crippen molar-refractivity contribution in [1.29, 1.82) is 0 Å². The molecule has 0 aliphatic heterocycles. The van der Waals surface area contributed by atoms with Crippen LogP contribution >= 0.6 is 15.9 Å². The van der Waals surface area contributed by atoms with Crippen LogP contribution in [0.5, 0.6) is 0 Å². The Morgan fingerprint density at radius 2 is 2.10 bits per heavy atom. The number of carbonyl (C=O) groups is 1. The fourth-order valence-electron chi connectivity index (χ4n) is 1.63. The van der Waals surface area contributed by atoms with Crippen LogP contribution in [-0.2, 0) is 20.4 Å². The van der Waals surface area contributed by atoms with E-state index in [4.69, 9.17) is 0 Å². The number of nitrogens with zero attached hydrogens (tertiary/aromatic N) is 1. The van der Waals surface area contributed by atoms with E-state index in [0.717, 1.165) is 4.47 Å². The van der Waals surface area contributed by atoms with Crippen LogP contribution in [0.3, 0.4) is 0 Å². The number of carbonyl (C=O) groups excluding carboxylic acids is 1. The molecule has 7 heteroatoms. The average Bonchev–Trinajstić information content (AvgIpc) is 2.34. The zero-order chi connectivity index (χ0) is 15.2. The summed E-state index contributed by atoms with van der Waals surface area (Å²) in [5.41, 5.74) is 0.671. The van der Waals surface area contributed by atoms with E-state index in [1.165, 1.54) is 4.90 Å². The maximum atomic E-state index is 12.0. The van der Waals surface area contributed by atoms with Gasteiger partial charge < -0.3 is 10.2 Å². The van der Waals surface area contributed by atoms with E-state index < -0.39 is 15.6 Å². The third-order valence-corrected chi connectivity index (χ3v) is 4.70. The van der Waals surface area contributed by atoms with Crippen molar-refractivity contribution in [3.63, 3.8) is 0 Å². The summed E-state index contributed by atoms with van der Waals surface area (Å²) in [5, 5.41) is 2.91. The molecule has 5 nitrogen and oxygen atoms in total. The summed E-state index contributed by atoms with van der Waals surface area (Å²) in [6, 6.07) is 7.08. The highest BCUT2D eigenvalue weighted by Crippen LogP contribution is 2.14. The van der Waals surface area contributed by atoms with Crippen LogP contribution in [0.4, 0.5) is 0 Å². The minimum atomic E-state index is -3.45. The Kier molecular flexibility index (Phi) is 6.64. The number of halogens is 1. The summed E-state index contributed by atoms with van der Waals surface area (Å²) >= 11 is 3.30. The van der Waals surface area contributed by atoms with Crippen molar-refractivity contribution in [1.82, 2.24) is 10.2 Å². The summed E-state index contributed by atoms with van der Waals surface area (Å²) in [4.78, 5) is 13.3. The number of benzene rings is 1. The van der Waals surface area contributed by atoms with Crippen molar-refractivity contribution < 1.29 is 13.2 Å². The minimum Gasteiger partial charge on any atom is -0.344 e. The highest BCUT2D eigenvalue weighted by molar-refractivity contribution is 9.10. The van der Waals surface area contributed by atoms with E-state index in [1.807, 2.05) is 6.07 Å². The lowest BCUT2D eigenvalue weighted by Crippen LogP contribution is -2.36. The van der Waals surface area contributed by atoms with Crippen molar-refractivity contribution >= 4 is 31.7 Å². The minimum absolute atomic E-state index is 0.127. The molecule has 0 aliphatic carbocycles. The molecule has 0 saturated carbocycles. The first-order valence-electron chi connectivity index (χ1n) is 6.17. The van der Waals surface area contributed by atoms with Crippen molar-refractivity contribution in [2.45, 2.75) is 5.75 Å². The zero-order valence-electron chi connectivity index (χ0n) is 11.6. The molecule has 1 N–H and O–H groups in total. The summed E-state index contributed by atoms with van der Waals surface area (Å²) < 4.78 is 24.9. The van der Waals surface area contributed by atoms with Gasteiger partial charge in [-0.2, -0.15) is 0 Å². The molecule has 0 aliphatic rings. The fourth-order valence-corrected chi connectivity index (χ4v) is 3.47.